The third kappa shape index (κ3) is 5.51. The van der Waals surface area contributed by atoms with Crippen molar-refractivity contribution in [1.29, 1.82) is 0 Å². The molecule has 0 radical (unpaired) electrons. The van der Waals surface area contributed by atoms with Crippen molar-refractivity contribution in [3.8, 4) is 0 Å². The van der Waals surface area contributed by atoms with E-state index in [9.17, 15) is 21.6 Å². The van der Waals surface area contributed by atoms with Gasteiger partial charge in [0.15, 0.2) is 9.84 Å². The van der Waals surface area contributed by atoms with Crippen LogP contribution >= 0.6 is 0 Å². The van der Waals surface area contributed by atoms with E-state index in [1.54, 1.807) is 4.90 Å². The topological polar surface area (TPSA) is 91.8 Å². The molecule has 0 aromatic heterocycles. The van der Waals surface area contributed by atoms with Crippen LogP contribution in [0, 0.1) is 0 Å². The van der Waals surface area contributed by atoms with Gasteiger partial charge in [-0.15, -0.1) is 0 Å². The van der Waals surface area contributed by atoms with Gasteiger partial charge >= 0.3 is 0 Å². The van der Waals surface area contributed by atoms with Gasteiger partial charge in [0, 0.05) is 19.1 Å². The zero-order valence-electron chi connectivity index (χ0n) is 13.5. The van der Waals surface area contributed by atoms with Crippen LogP contribution in [0.4, 0.5) is 0 Å². The molecule has 1 rings (SSSR count). The number of nitrogens with zero attached hydrogens (tertiary/aromatic N) is 2. The number of hydrogen-bond donors (Lipinski definition) is 0. The van der Waals surface area contributed by atoms with Crippen molar-refractivity contribution in [3.63, 3.8) is 0 Å². The molecule has 0 aliphatic carbocycles. The molecule has 0 aromatic carbocycles. The summed E-state index contributed by atoms with van der Waals surface area (Å²) in [7, 11) is -6.84. The van der Waals surface area contributed by atoms with Crippen molar-refractivity contribution in [3.05, 3.63) is 0 Å². The van der Waals surface area contributed by atoms with Gasteiger partial charge in [0.25, 0.3) is 0 Å². The molecule has 0 spiro atoms. The molecule has 1 aliphatic rings. The molecule has 0 aromatic rings. The highest BCUT2D eigenvalue weighted by Crippen LogP contribution is 2.20. The lowest BCUT2D eigenvalue weighted by molar-refractivity contribution is -0.131. The molecule has 1 unspecified atom stereocenters. The molecular formula is C13H26N2O5S2. The third-order valence-electron chi connectivity index (χ3n) is 3.67. The van der Waals surface area contributed by atoms with Crippen molar-refractivity contribution in [2.45, 2.75) is 39.2 Å². The molecule has 1 heterocycles. The number of hydrogen-bond acceptors (Lipinski definition) is 5. The van der Waals surface area contributed by atoms with Crippen molar-refractivity contribution in [2.24, 2.45) is 0 Å². The van der Waals surface area contributed by atoms with Crippen molar-refractivity contribution in [1.82, 2.24) is 9.21 Å². The molecule has 7 nitrogen and oxygen atoms in total. The molecule has 0 bridgehead atoms. The smallest absolute Gasteiger partial charge is 0.237 e. The molecule has 22 heavy (non-hydrogen) atoms. The minimum Gasteiger partial charge on any atom is -0.342 e. The highest BCUT2D eigenvalue weighted by molar-refractivity contribution is 7.92. The number of rotatable bonds is 8. The fraction of sp³-hybridized carbons (Fsp3) is 0.923. The Hall–Kier alpha value is -0.670. The lowest BCUT2D eigenvalue weighted by Gasteiger charge is -2.28. The van der Waals surface area contributed by atoms with Crippen LogP contribution in [-0.2, 0) is 24.7 Å². The van der Waals surface area contributed by atoms with Crippen molar-refractivity contribution >= 4 is 25.8 Å². The zero-order valence-corrected chi connectivity index (χ0v) is 15.1. The van der Waals surface area contributed by atoms with Gasteiger partial charge < -0.3 is 4.90 Å². The van der Waals surface area contributed by atoms with Crippen molar-refractivity contribution < 1.29 is 21.6 Å². The van der Waals surface area contributed by atoms with Gasteiger partial charge in [-0.2, -0.15) is 4.31 Å². The number of carbonyl (C=O) groups excluding carboxylic acids is 1. The largest absolute Gasteiger partial charge is 0.342 e. The maximum absolute atomic E-state index is 12.4. The molecule has 0 saturated carbocycles. The monoisotopic (exact) mass is 354 g/mol. The molecule has 1 aliphatic heterocycles. The summed E-state index contributed by atoms with van der Waals surface area (Å²) in [5, 5.41) is 0. The lowest BCUT2D eigenvalue weighted by atomic mass is 10.2. The van der Waals surface area contributed by atoms with E-state index in [1.807, 2.05) is 13.8 Å². The van der Waals surface area contributed by atoms with E-state index in [-0.39, 0.29) is 30.4 Å². The number of sulfone groups is 1. The van der Waals surface area contributed by atoms with Gasteiger partial charge in [-0.05, 0) is 19.3 Å². The van der Waals surface area contributed by atoms with E-state index < -0.39 is 25.9 Å². The maximum atomic E-state index is 12.4. The Bertz CT molecular complexity index is 580. The van der Waals surface area contributed by atoms with E-state index in [0.29, 0.717) is 13.1 Å². The first kappa shape index (κ1) is 19.4. The summed E-state index contributed by atoms with van der Waals surface area (Å²) in [6.45, 7) is 4.78. The molecular weight excluding hydrogens is 328 g/mol. The van der Waals surface area contributed by atoms with Crippen LogP contribution in [0.15, 0.2) is 0 Å². The highest BCUT2D eigenvalue weighted by atomic mass is 32.2. The van der Waals surface area contributed by atoms with Gasteiger partial charge in [-0.1, -0.05) is 13.8 Å². The van der Waals surface area contributed by atoms with Gasteiger partial charge in [0.2, 0.25) is 15.9 Å². The van der Waals surface area contributed by atoms with Crippen molar-refractivity contribution in [2.75, 3.05) is 37.4 Å². The molecule has 130 valence electrons. The van der Waals surface area contributed by atoms with Gasteiger partial charge in [-0.3, -0.25) is 4.79 Å². The van der Waals surface area contributed by atoms with Crippen LogP contribution in [0.3, 0.4) is 0 Å². The highest BCUT2D eigenvalue weighted by Gasteiger charge is 2.37. The Balaban J connectivity index is 2.88. The average molecular weight is 354 g/mol. The summed E-state index contributed by atoms with van der Waals surface area (Å²) in [4.78, 5) is 14.0. The van der Waals surface area contributed by atoms with E-state index in [2.05, 4.69) is 0 Å². The summed E-state index contributed by atoms with van der Waals surface area (Å²) in [6.07, 6.45) is 2.87. The van der Waals surface area contributed by atoms with Crippen LogP contribution < -0.4 is 0 Å². The third-order valence-corrected chi connectivity index (χ3v) is 6.70. The first-order valence-corrected chi connectivity index (χ1v) is 11.2. The Kier molecular flexibility index (Phi) is 6.82. The number of sulfonamides is 1. The summed E-state index contributed by atoms with van der Waals surface area (Å²) in [5.74, 6) is -0.487. The number of amides is 1. The first-order chi connectivity index (χ1) is 10.1. The standard InChI is InChI=1S/C13H26N2O5S2/c1-4-7-14(8-5-2)13(16)10-15(21(3,17)18)12-6-9-22(19,20)11-12/h12H,4-11H2,1-3H3. The van der Waals surface area contributed by atoms with E-state index in [4.69, 9.17) is 0 Å². The van der Waals surface area contributed by atoms with Crippen LogP contribution in [0.5, 0.6) is 0 Å². The number of carbonyl (C=O) groups is 1. The predicted octanol–water partition coefficient (Wildman–Crippen LogP) is 0.0837. The second-order valence-corrected chi connectivity index (χ2v) is 9.91. The maximum Gasteiger partial charge on any atom is 0.237 e. The molecule has 1 amide bonds. The van der Waals surface area contributed by atoms with Crippen LogP contribution in [0.25, 0.3) is 0 Å². The first-order valence-electron chi connectivity index (χ1n) is 7.55. The van der Waals surface area contributed by atoms with E-state index in [1.165, 1.54) is 0 Å². The minimum absolute atomic E-state index is 0.0223. The summed E-state index contributed by atoms with van der Waals surface area (Å²) >= 11 is 0. The summed E-state index contributed by atoms with van der Waals surface area (Å²) in [6, 6.07) is -0.631. The Morgan fingerprint density at radius 2 is 1.73 bits per heavy atom. The zero-order chi connectivity index (χ0) is 17.0. The van der Waals surface area contributed by atoms with Gasteiger partial charge in [0.1, 0.15) is 0 Å². The van der Waals surface area contributed by atoms with Gasteiger partial charge in [0.05, 0.1) is 24.3 Å². The quantitative estimate of drug-likeness (QED) is 0.616. The Labute approximate surface area is 133 Å². The molecule has 1 saturated heterocycles. The molecule has 1 atom stereocenters. The van der Waals surface area contributed by atoms with Gasteiger partial charge in [-0.25, -0.2) is 16.8 Å². The summed E-state index contributed by atoms with van der Waals surface area (Å²) < 4.78 is 48.1. The summed E-state index contributed by atoms with van der Waals surface area (Å²) in [5.41, 5.74) is 0. The second kappa shape index (κ2) is 7.74. The Morgan fingerprint density at radius 1 is 1.18 bits per heavy atom. The van der Waals surface area contributed by atoms with E-state index >= 15 is 0 Å². The normalized spacial score (nSPS) is 21.2. The lowest BCUT2D eigenvalue weighted by Crippen LogP contribution is -2.48. The second-order valence-electron chi connectivity index (χ2n) is 5.75. The van der Waals surface area contributed by atoms with Crippen LogP contribution in [-0.4, -0.2) is 75.4 Å². The molecule has 1 fully saturated rings. The van der Waals surface area contributed by atoms with E-state index in [0.717, 1.165) is 23.4 Å². The van der Waals surface area contributed by atoms with Crippen LogP contribution in [0.2, 0.25) is 0 Å². The fourth-order valence-electron chi connectivity index (χ4n) is 2.65. The van der Waals surface area contributed by atoms with Crippen LogP contribution in [0.1, 0.15) is 33.1 Å². The molecule has 0 N–H and O–H groups in total. The fourth-order valence-corrected chi connectivity index (χ4v) is 5.55. The minimum atomic E-state index is -3.64. The molecule has 9 heteroatoms. The SMILES string of the molecule is CCCN(CCC)C(=O)CN(C1CCS(=O)(=O)C1)S(C)(=O)=O. The predicted molar refractivity (Wildman–Crippen MR) is 85.8 cm³/mol. The average Bonchev–Trinajstić information content (AvgIpc) is 2.74. The Morgan fingerprint density at radius 3 is 2.09 bits per heavy atom.